The van der Waals surface area contributed by atoms with E-state index in [0.29, 0.717) is 22.6 Å². The average molecular weight is 287 g/mol. The van der Waals surface area contributed by atoms with E-state index in [4.69, 9.17) is 14.3 Å². The minimum Gasteiger partial charge on any atom is -0.495 e. The van der Waals surface area contributed by atoms with E-state index in [0.717, 1.165) is 6.08 Å². The molecule has 108 valence electrons. The number of benzene rings is 1. The molecule has 0 radical (unpaired) electrons. The number of hydrogen-bond acceptors (Lipinski definition) is 4. The summed E-state index contributed by atoms with van der Waals surface area (Å²) >= 11 is 0. The van der Waals surface area contributed by atoms with Crippen molar-refractivity contribution >= 4 is 23.6 Å². The molecule has 0 spiro atoms. The first-order valence-electron chi connectivity index (χ1n) is 6.03. The Morgan fingerprint density at radius 3 is 2.76 bits per heavy atom. The van der Waals surface area contributed by atoms with Crippen LogP contribution in [-0.4, -0.2) is 24.1 Å². The molecule has 0 saturated carbocycles. The van der Waals surface area contributed by atoms with Gasteiger partial charge in [-0.15, -0.1) is 0 Å². The van der Waals surface area contributed by atoms with E-state index in [9.17, 15) is 9.59 Å². The fraction of sp³-hybridized carbons (Fsp3) is 0.0667. The minimum atomic E-state index is -1.05. The number of carbonyl (C=O) groups is 2. The second-order valence-electron chi connectivity index (χ2n) is 4.10. The van der Waals surface area contributed by atoms with Crippen molar-refractivity contribution in [1.82, 2.24) is 0 Å². The quantitative estimate of drug-likeness (QED) is 0.825. The second-order valence-corrected chi connectivity index (χ2v) is 4.10. The largest absolute Gasteiger partial charge is 0.495 e. The summed E-state index contributed by atoms with van der Waals surface area (Å²) in [5, 5.41) is 11.3. The Morgan fingerprint density at radius 1 is 1.33 bits per heavy atom. The van der Waals surface area contributed by atoms with Gasteiger partial charge in [0, 0.05) is 6.08 Å². The van der Waals surface area contributed by atoms with Crippen molar-refractivity contribution in [3.05, 3.63) is 54.0 Å². The van der Waals surface area contributed by atoms with Crippen LogP contribution in [-0.2, 0) is 4.79 Å². The standard InChI is InChI=1S/C15H13NO5/c1-20-13-4-2-10(3-5-14(17)18)8-12(13)16-15(19)11-6-7-21-9-11/h2-9H,1H3,(H,16,19)(H,17,18). The van der Waals surface area contributed by atoms with E-state index in [1.165, 1.54) is 31.8 Å². The van der Waals surface area contributed by atoms with E-state index < -0.39 is 5.97 Å². The molecule has 1 aromatic heterocycles. The molecule has 1 heterocycles. The summed E-state index contributed by atoms with van der Waals surface area (Å²) in [7, 11) is 1.48. The van der Waals surface area contributed by atoms with Crippen LogP contribution in [0, 0.1) is 0 Å². The molecule has 1 amide bonds. The number of carboxylic acid groups (broad SMARTS) is 1. The monoisotopic (exact) mass is 287 g/mol. The number of ether oxygens (including phenoxy) is 1. The number of methoxy groups -OCH3 is 1. The van der Waals surface area contributed by atoms with Gasteiger partial charge in [0.25, 0.3) is 5.91 Å². The van der Waals surface area contributed by atoms with E-state index in [-0.39, 0.29) is 5.91 Å². The highest BCUT2D eigenvalue weighted by Gasteiger charge is 2.11. The lowest BCUT2D eigenvalue weighted by Crippen LogP contribution is -2.11. The third-order valence-electron chi connectivity index (χ3n) is 2.67. The van der Waals surface area contributed by atoms with E-state index in [1.54, 1.807) is 18.2 Å². The summed E-state index contributed by atoms with van der Waals surface area (Å²) in [6.45, 7) is 0. The summed E-state index contributed by atoms with van der Waals surface area (Å²) in [5.41, 5.74) is 1.44. The van der Waals surface area contributed by atoms with Crippen LogP contribution in [0.5, 0.6) is 5.75 Å². The molecule has 6 nitrogen and oxygen atoms in total. The molecule has 0 unspecified atom stereocenters. The number of carboxylic acids is 1. The molecular weight excluding hydrogens is 274 g/mol. The van der Waals surface area contributed by atoms with Gasteiger partial charge in [-0.2, -0.15) is 0 Å². The van der Waals surface area contributed by atoms with Gasteiger partial charge in [-0.3, -0.25) is 4.79 Å². The zero-order chi connectivity index (χ0) is 15.2. The van der Waals surface area contributed by atoms with Crippen LogP contribution in [0.4, 0.5) is 5.69 Å². The lowest BCUT2D eigenvalue weighted by molar-refractivity contribution is -0.131. The number of aliphatic carboxylic acids is 1. The Morgan fingerprint density at radius 2 is 2.14 bits per heavy atom. The maximum Gasteiger partial charge on any atom is 0.328 e. The van der Waals surface area contributed by atoms with Crippen molar-refractivity contribution in [2.75, 3.05) is 12.4 Å². The highest BCUT2D eigenvalue weighted by Crippen LogP contribution is 2.26. The maximum absolute atomic E-state index is 12.0. The number of carbonyl (C=O) groups excluding carboxylic acids is 1. The summed E-state index contributed by atoms with van der Waals surface area (Å²) in [6, 6.07) is 6.49. The third-order valence-corrected chi connectivity index (χ3v) is 2.67. The molecule has 0 bridgehead atoms. The smallest absolute Gasteiger partial charge is 0.328 e. The molecule has 1 aromatic carbocycles. The van der Waals surface area contributed by atoms with Gasteiger partial charge in [-0.1, -0.05) is 6.07 Å². The Hall–Kier alpha value is -3.02. The normalized spacial score (nSPS) is 10.5. The minimum absolute atomic E-state index is 0.346. The van der Waals surface area contributed by atoms with Gasteiger partial charge in [0.05, 0.1) is 24.6 Å². The van der Waals surface area contributed by atoms with Gasteiger partial charge in [0.2, 0.25) is 0 Å². The lowest BCUT2D eigenvalue weighted by Gasteiger charge is -2.10. The van der Waals surface area contributed by atoms with Crippen LogP contribution in [0.3, 0.4) is 0 Å². The van der Waals surface area contributed by atoms with Gasteiger partial charge >= 0.3 is 5.97 Å². The molecule has 2 N–H and O–H groups in total. The van der Waals surface area contributed by atoms with Gasteiger partial charge in [-0.05, 0) is 29.8 Å². The van der Waals surface area contributed by atoms with Crippen LogP contribution in [0.25, 0.3) is 6.08 Å². The van der Waals surface area contributed by atoms with Crippen LogP contribution >= 0.6 is 0 Å². The molecule has 2 aromatic rings. The zero-order valence-electron chi connectivity index (χ0n) is 11.2. The van der Waals surface area contributed by atoms with Crippen LogP contribution in [0.1, 0.15) is 15.9 Å². The first kappa shape index (κ1) is 14.4. The Bertz CT molecular complexity index is 673. The molecule has 21 heavy (non-hydrogen) atoms. The first-order valence-corrected chi connectivity index (χ1v) is 6.03. The number of anilines is 1. The molecule has 2 rings (SSSR count). The molecular formula is C15H13NO5. The van der Waals surface area contributed by atoms with Gasteiger partial charge < -0.3 is 19.6 Å². The van der Waals surface area contributed by atoms with Crippen LogP contribution < -0.4 is 10.1 Å². The predicted octanol–water partition coefficient (Wildman–Crippen LogP) is 2.64. The average Bonchev–Trinajstić information content (AvgIpc) is 2.99. The van der Waals surface area contributed by atoms with Crippen LogP contribution in [0.2, 0.25) is 0 Å². The number of nitrogens with one attached hydrogen (secondary N) is 1. The van der Waals surface area contributed by atoms with E-state index in [1.807, 2.05) is 0 Å². The topological polar surface area (TPSA) is 88.8 Å². The van der Waals surface area contributed by atoms with Gasteiger partial charge in [0.1, 0.15) is 12.0 Å². The van der Waals surface area contributed by atoms with Crippen molar-refractivity contribution < 1.29 is 23.8 Å². The number of furan rings is 1. The predicted molar refractivity (Wildman–Crippen MR) is 76.3 cm³/mol. The SMILES string of the molecule is COc1ccc(C=CC(=O)O)cc1NC(=O)c1ccoc1. The molecule has 0 aliphatic heterocycles. The second kappa shape index (κ2) is 6.42. The van der Waals surface area contributed by atoms with E-state index >= 15 is 0 Å². The van der Waals surface area contributed by atoms with Crippen molar-refractivity contribution in [3.8, 4) is 5.75 Å². The number of amides is 1. The van der Waals surface area contributed by atoms with Crippen molar-refractivity contribution in [1.29, 1.82) is 0 Å². The summed E-state index contributed by atoms with van der Waals surface area (Å²) in [6.07, 6.45) is 5.17. The summed E-state index contributed by atoms with van der Waals surface area (Å²) < 4.78 is 10.0. The highest BCUT2D eigenvalue weighted by atomic mass is 16.5. The maximum atomic E-state index is 12.0. The lowest BCUT2D eigenvalue weighted by atomic mass is 10.1. The molecule has 6 heteroatoms. The van der Waals surface area contributed by atoms with Crippen LogP contribution in [0.15, 0.2) is 47.3 Å². The van der Waals surface area contributed by atoms with Gasteiger partial charge in [-0.25, -0.2) is 4.79 Å². The molecule has 0 aliphatic rings. The summed E-state index contributed by atoms with van der Waals surface area (Å²) in [4.78, 5) is 22.5. The summed E-state index contributed by atoms with van der Waals surface area (Å²) in [5.74, 6) is -0.921. The third kappa shape index (κ3) is 3.73. The number of hydrogen-bond donors (Lipinski definition) is 2. The first-order chi connectivity index (χ1) is 10.1. The fourth-order valence-electron chi connectivity index (χ4n) is 1.68. The Labute approximate surface area is 120 Å². The zero-order valence-corrected chi connectivity index (χ0v) is 11.2. The fourth-order valence-corrected chi connectivity index (χ4v) is 1.68. The Balaban J connectivity index is 2.25. The molecule has 0 saturated heterocycles. The van der Waals surface area contributed by atoms with E-state index in [2.05, 4.69) is 5.32 Å². The number of rotatable bonds is 5. The molecule has 0 atom stereocenters. The molecule has 0 fully saturated rings. The van der Waals surface area contributed by atoms with Crippen molar-refractivity contribution in [2.45, 2.75) is 0 Å². The van der Waals surface area contributed by atoms with Crippen molar-refractivity contribution in [3.63, 3.8) is 0 Å². The van der Waals surface area contributed by atoms with Crippen molar-refractivity contribution in [2.24, 2.45) is 0 Å². The molecule has 0 aliphatic carbocycles. The Kier molecular flexibility index (Phi) is 4.40. The highest BCUT2D eigenvalue weighted by molar-refractivity contribution is 6.05. The van der Waals surface area contributed by atoms with Gasteiger partial charge in [0.15, 0.2) is 0 Å².